The van der Waals surface area contributed by atoms with Gasteiger partial charge in [-0.3, -0.25) is 14.7 Å². The third-order valence-electron chi connectivity index (χ3n) is 7.13. The molecule has 1 atom stereocenters. The van der Waals surface area contributed by atoms with Crippen molar-refractivity contribution in [2.24, 2.45) is 5.92 Å². The van der Waals surface area contributed by atoms with Crippen LogP contribution in [-0.4, -0.2) is 50.7 Å². The van der Waals surface area contributed by atoms with Gasteiger partial charge in [0, 0.05) is 25.2 Å². The summed E-state index contributed by atoms with van der Waals surface area (Å²) in [5, 5.41) is 17.2. The third kappa shape index (κ3) is 6.61. The first kappa shape index (κ1) is 26.8. The number of aromatic nitrogens is 3. The molecule has 0 saturated carbocycles. The summed E-state index contributed by atoms with van der Waals surface area (Å²) in [4.78, 5) is 23.9. The van der Waals surface area contributed by atoms with Crippen molar-refractivity contribution in [2.45, 2.75) is 31.7 Å². The Morgan fingerprint density at radius 1 is 1.15 bits per heavy atom. The average Bonchev–Trinajstić information content (AvgIpc) is 3.44. The van der Waals surface area contributed by atoms with Crippen molar-refractivity contribution in [3.05, 3.63) is 94.7 Å². The van der Waals surface area contributed by atoms with Crippen LogP contribution in [-0.2, 0) is 6.54 Å². The number of phenols is 1. The standard InChI is InChI=1S/C29H29ClFN5O3/c30-23-9-8-19(17-24(23)31)18-36-15-11-20(12-16-36)21(10-14-33-28(38)22-5-1-2-7-26(22)37)29-34-27(35-39-29)25-6-3-4-13-32-25/h1-9,13,17,20-21,37H,10-12,14-16,18H2,(H,33,38). The molecule has 39 heavy (non-hydrogen) atoms. The van der Waals surface area contributed by atoms with Gasteiger partial charge in [-0.2, -0.15) is 4.98 Å². The second kappa shape index (κ2) is 12.4. The van der Waals surface area contributed by atoms with Crippen LogP contribution in [0.4, 0.5) is 4.39 Å². The highest BCUT2D eigenvalue weighted by atomic mass is 35.5. The number of halogens is 2. The van der Waals surface area contributed by atoms with Crippen LogP contribution in [0.25, 0.3) is 11.5 Å². The van der Waals surface area contributed by atoms with Crippen molar-refractivity contribution in [2.75, 3.05) is 19.6 Å². The number of benzene rings is 2. The lowest BCUT2D eigenvalue weighted by molar-refractivity contribution is 0.0945. The van der Waals surface area contributed by atoms with E-state index in [1.807, 2.05) is 24.3 Å². The Morgan fingerprint density at radius 2 is 1.95 bits per heavy atom. The molecule has 1 unspecified atom stereocenters. The minimum absolute atomic E-state index is 0.0589. The summed E-state index contributed by atoms with van der Waals surface area (Å²) < 4.78 is 19.6. The van der Waals surface area contributed by atoms with E-state index in [0.717, 1.165) is 31.5 Å². The molecule has 8 nitrogen and oxygen atoms in total. The topological polar surface area (TPSA) is 104 Å². The monoisotopic (exact) mass is 549 g/mol. The molecule has 10 heteroatoms. The number of nitrogens with zero attached hydrogens (tertiary/aromatic N) is 4. The zero-order valence-corrected chi connectivity index (χ0v) is 22.0. The zero-order chi connectivity index (χ0) is 27.2. The van der Waals surface area contributed by atoms with Crippen molar-refractivity contribution < 1.29 is 18.8 Å². The molecular formula is C29H29ClFN5O3. The van der Waals surface area contributed by atoms with Gasteiger partial charge in [0.1, 0.15) is 17.3 Å². The lowest BCUT2D eigenvalue weighted by Crippen LogP contribution is -2.36. The number of amides is 1. The Kier molecular flexibility index (Phi) is 8.48. The minimum atomic E-state index is -0.407. The van der Waals surface area contributed by atoms with Gasteiger partial charge in [0.15, 0.2) is 0 Å². The Balaban J connectivity index is 1.26. The smallest absolute Gasteiger partial charge is 0.255 e. The molecule has 3 heterocycles. The van der Waals surface area contributed by atoms with E-state index in [2.05, 4.69) is 25.3 Å². The fraction of sp³-hybridized carbons (Fsp3) is 0.310. The molecule has 0 bridgehead atoms. The number of aromatic hydroxyl groups is 1. The predicted molar refractivity (Wildman–Crippen MR) is 145 cm³/mol. The summed E-state index contributed by atoms with van der Waals surface area (Å²) >= 11 is 5.83. The van der Waals surface area contributed by atoms with Crippen LogP contribution in [0.2, 0.25) is 5.02 Å². The van der Waals surface area contributed by atoms with Gasteiger partial charge in [-0.25, -0.2) is 4.39 Å². The number of carbonyl (C=O) groups is 1. The van der Waals surface area contributed by atoms with E-state index in [1.54, 1.807) is 30.5 Å². The van der Waals surface area contributed by atoms with Crippen LogP contribution in [0.3, 0.4) is 0 Å². The molecule has 0 radical (unpaired) electrons. The fourth-order valence-corrected chi connectivity index (χ4v) is 5.17. The minimum Gasteiger partial charge on any atom is -0.507 e. The third-order valence-corrected chi connectivity index (χ3v) is 7.44. The van der Waals surface area contributed by atoms with Gasteiger partial charge in [-0.15, -0.1) is 0 Å². The van der Waals surface area contributed by atoms with Crippen LogP contribution >= 0.6 is 11.6 Å². The van der Waals surface area contributed by atoms with Crippen molar-refractivity contribution in [3.63, 3.8) is 0 Å². The van der Waals surface area contributed by atoms with Gasteiger partial charge in [0.05, 0.1) is 10.6 Å². The Hall–Kier alpha value is -3.82. The van der Waals surface area contributed by atoms with Gasteiger partial charge in [0.2, 0.25) is 11.7 Å². The van der Waals surface area contributed by atoms with Crippen LogP contribution in [0.5, 0.6) is 5.75 Å². The Morgan fingerprint density at radius 3 is 2.69 bits per heavy atom. The van der Waals surface area contributed by atoms with E-state index in [-0.39, 0.29) is 34.1 Å². The van der Waals surface area contributed by atoms with Gasteiger partial charge in [-0.05, 0) is 80.2 Å². The van der Waals surface area contributed by atoms with Crippen LogP contribution < -0.4 is 5.32 Å². The zero-order valence-electron chi connectivity index (χ0n) is 21.3. The summed E-state index contributed by atoms with van der Waals surface area (Å²) in [6.07, 6.45) is 4.04. The highest BCUT2D eigenvalue weighted by molar-refractivity contribution is 6.30. The number of para-hydroxylation sites is 1. The van der Waals surface area contributed by atoms with E-state index < -0.39 is 5.82 Å². The maximum atomic E-state index is 13.9. The number of carbonyl (C=O) groups excluding carboxylic acids is 1. The summed E-state index contributed by atoms with van der Waals surface area (Å²) in [6, 6.07) is 16.9. The van der Waals surface area contributed by atoms with E-state index >= 15 is 0 Å². The molecule has 2 aromatic heterocycles. The quantitative estimate of drug-likeness (QED) is 0.286. The molecule has 0 aliphatic carbocycles. The molecule has 202 valence electrons. The molecule has 1 amide bonds. The highest BCUT2D eigenvalue weighted by Gasteiger charge is 2.32. The van der Waals surface area contributed by atoms with Gasteiger partial charge in [-0.1, -0.05) is 41.0 Å². The first-order valence-electron chi connectivity index (χ1n) is 13.0. The van der Waals surface area contributed by atoms with E-state index in [1.165, 1.54) is 12.1 Å². The number of likely N-dealkylation sites (tertiary alicyclic amines) is 1. The molecule has 1 saturated heterocycles. The normalized spacial score (nSPS) is 15.2. The van der Waals surface area contributed by atoms with Crippen LogP contribution in [0.15, 0.2) is 71.4 Å². The molecular weight excluding hydrogens is 521 g/mol. The average molecular weight is 550 g/mol. The van der Waals surface area contributed by atoms with Crippen molar-refractivity contribution in [3.8, 4) is 17.3 Å². The first-order valence-corrected chi connectivity index (χ1v) is 13.3. The molecule has 2 N–H and O–H groups in total. The number of phenolic OH excluding ortho intramolecular Hbond substituents is 1. The molecule has 4 aromatic rings. The summed E-state index contributed by atoms with van der Waals surface area (Å²) in [7, 11) is 0. The van der Waals surface area contributed by atoms with E-state index in [9.17, 15) is 14.3 Å². The Bertz CT molecular complexity index is 1410. The molecule has 1 fully saturated rings. The number of pyridine rings is 1. The SMILES string of the molecule is O=C(NCCC(c1nc(-c2ccccn2)no1)C1CCN(Cc2ccc(Cl)c(F)c2)CC1)c1ccccc1O. The van der Waals surface area contributed by atoms with Gasteiger partial charge < -0.3 is 14.9 Å². The van der Waals surface area contributed by atoms with Gasteiger partial charge in [0.25, 0.3) is 5.91 Å². The van der Waals surface area contributed by atoms with Crippen LogP contribution in [0, 0.1) is 11.7 Å². The second-order valence-corrected chi connectivity index (χ2v) is 10.1. The maximum absolute atomic E-state index is 13.9. The van der Waals surface area contributed by atoms with E-state index in [0.29, 0.717) is 36.9 Å². The molecule has 0 spiro atoms. The number of hydrogen-bond acceptors (Lipinski definition) is 7. The number of nitrogens with one attached hydrogen (secondary N) is 1. The second-order valence-electron chi connectivity index (χ2n) is 9.70. The summed E-state index contributed by atoms with van der Waals surface area (Å²) in [6.45, 7) is 2.68. The predicted octanol–water partition coefficient (Wildman–Crippen LogP) is 5.45. The maximum Gasteiger partial charge on any atom is 0.255 e. The number of piperidine rings is 1. The molecule has 5 rings (SSSR count). The summed E-state index contributed by atoms with van der Waals surface area (Å²) in [5.41, 5.74) is 1.75. The fourth-order valence-electron chi connectivity index (χ4n) is 5.06. The van der Waals surface area contributed by atoms with Crippen LogP contribution in [0.1, 0.15) is 47.0 Å². The molecule has 1 aliphatic rings. The Labute approximate surface area is 230 Å². The van der Waals surface area contributed by atoms with Crippen molar-refractivity contribution in [1.29, 1.82) is 0 Å². The van der Waals surface area contributed by atoms with Crippen molar-refractivity contribution in [1.82, 2.24) is 25.3 Å². The first-order chi connectivity index (χ1) is 19.0. The lowest BCUT2D eigenvalue weighted by atomic mass is 9.82. The van der Waals surface area contributed by atoms with Crippen molar-refractivity contribution >= 4 is 17.5 Å². The lowest BCUT2D eigenvalue weighted by Gasteiger charge is -2.35. The number of hydrogen-bond donors (Lipinski definition) is 2. The van der Waals surface area contributed by atoms with Gasteiger partial charge >= 0.3 is 0 Å². The largest absolute Gasteiger partial charge is 0.507 e. The highest BCUT2D eigenvalue weighted by Crippen LogP contribution is 2.35. The summed E-state index contributed by atoms with van der Waals surface area (Å²) in [5.74, 6) is 0.321. The van der Waals surface area contributed by atoms with E-state index in [4.69, 9.17) is 16.1 Å². The molecule has 2 aromatic carbocycles. The molecule has 1 aliphatic heterocycles. The number of rotatable bonds is 9.